The first-order valence-electron chi connectivity index (χ1n) is 5.84. The average molecular weight is 344 g/mol. The van der Waals surface area contributed by atoms with Crippen LogP contribution in [0, 0.1) is 0 Å². The van der Waals surface area contributed by atoms with Gasteiger partial charge in [0, 0.05) is 28.8 Å². The molecule has 5 nitrogen and oxygen atoms in total. The molecule has 0 saturated heterocycles. The number of anilines is 1. The minimum Gasteiger partial charge on any atom is -0.377 e. The predicted molar refractivity (Wildman–Crippen MR) is 84.7 cm³/mol. The number of methoxy groups -OCH3 is 1. The Balaban J connectivity index is 2.02. The number of ether oxygens (including phenoxy) is 1. The van der Waals surface area contributed by atoms with Crippen LogP contribution in [0.2, 0.25) is 10.0 Å². The average Bonchev–Trinajstić information content (AvgIpc) is 2.86. The molecular formula is C13H11Cl2N3O2S. The number of halogens is 2. The lowest BCUT2D eigenvalue weighted by Crippen LogP contribution is -2.07. The quantitative estimate of drug-likeness (QED) is 0.841. The molecule has 0 spiro atoms. The topological polar surface area (TPSA) is 64.1 Å². The molecule has 2 aromatic rings. The summed E-state index contributed by atoms with van der Waals surface area (Å²) in [6.07, 6.45) is 2.89. The molecule has 0 bridgehead atoms. The van der Waals surface area contributed by atoms with Gasteiger partial charge in [-0.2, -0.15) is 0 Å². The largest absolute Gasteiger partial charge is 0.377 e. The van der Waals surface area contributed by atoms with Gasteiger partial charge in [0.2, 0.25) is 11.0 Å². The molecule has 0 aliphatic heterocycles. The number of carbonyl (C=O) groups excluding carboxylic acids is 1. The van der Waals surface area contributed by atoms with Crippen molar-refractivity contribution in [3.05, 3.63) is 44.9 Å². The van der Waals surface area contributed by atoms with Gasteiger partial charge in [0.25, 0.3) is 0 Å². The van der Waals surface area contributed by atoms with Crippen molar-refractivity contribution in [3.63, 3.8) is 0 Å². The van der Waals surface area contributed by atoms with Crippen molar-refractivity contribution >= 4 is 51.7 Å². The molecule has 110 valence electrons. The van der Waals surface area contributed by atoms with Crippen molar-refractivity contribution in [3.8, 4) is 0 Å². The summed E-state index contributed by atoms with van der Waals surface area (Å²) in [5.74, 6) is -0.342. The van der Waals surface area contributed by atoms with Crippen LogP contribution in [0.1, 0.15) is 10.6 Å². The van der Waals surface area contributed by atoms with Gasteiger partial charge in [0.1, 0.15) is 11.6 Å². The first-order chi connectivity index (χ1) is 10.1. The van der Waals surface area contributed by atoms with Crippen LogP contribution in [0.15, 0.2) is 24.3 Å². The minimum atomic E-state index is -0.342. The Bertz CT molecular complexity index is 653. The van der Waals surface area contributed by atoms with Crippen LogP contribution in [0.25, 0.3) is 6.08 Å². The molecule has 0 aliphatic carbocycles. The highest BCUT2D eigenvalue weighted by Crippen LogP contribution is 2.25. The number of benzene rings is 1. The molecule has 0 saturated carbocycles. The molecule has 21 heavy (non-hydrogen) atoms. The molecule has 0 unspecified atom stereocenters. The predicted octanol–water partition coefficient (Wildman–Crippen LogP) is 3.64. The van der Waals surface area contributed by atoms with E-state index in [2.05, 4.69) is 15.5 Å². The molecule has 0 fully saturated rings. The summed E-state index contributed by atoms with van der Waals surface area (Å²) in [4.78, 5) is 11.8. The van der Waals surface area contributed by atoms with Crippen LogP contribution in [-0.2, 0) is 16.1 Å². The van der Waals surface area contributed by atoms with Crippen molar-refractivity contribution in [1.29, 1.82) is 0 Å². The molecule has 2 rings (SSSR count). The van der Waals surface area contributed by atoms with Crippen LogP contribution in [-0.4, -0.2) is 23.2 Å². The first kappa shape index (κ1) is 15.9. The molecule has 1 aromatic heterocycles. The Hall–Kier alpha value is -1.47. The number of rotatable bonds is 5. The van der Waals surface area contributed by atoms with E-state index in [4.69, 9.17) is 27.9 Å². The summed E-state index contributed by atoms with van der Waals surface area (Å²) >= 11 is 13.3. The van der Waals surface area contributed by atoms with Crippen molar-refractivity contribution in [2.24, 2.45) is 0 Å². The van der Waals surface area contributed by atoms with Gasteiger partial charge in [-0.3, -0.25) is 10.1 Å². The maximum atomic E-state index is 11.8. The first-order valence-corrected chi connectivity index (χ1v) is 7.42. The number of aromatic nitrogens is 2. The van der Waals surface area contributed by atoms with Gasteiger partial charge >= 0.3 is 0 Å². The minimum absolute atomic E-state index is 0.342. The van der Waals surface area contributed by atoms with Gasteiger partial charge in [0.05, 0.1) is 0 Å². The maximum absolute atomic E-state index is 11.8. The van der Waals surface area contributed by atoms with Crippen LogP contribution < -0.4 is 5.32 Å². The molecule has 1 amide bonds. The Morgan fingerprint density at radius 2 is 2.10 bits per heavy atom. The Kier molecular flexibility index (Phi) is 5.69. The fraction of sp³-hybridized carbons (Fsp3) is 0.154. The van der Waals surface area contributed by atoms with Gasteiger partial charge < -0.3 is 4.74 Å². The fourth-order valence-electron chi connectivity index (χ4n) is 1.46. The zero-order valence-electron chi connectivity index (χ0n) is 11.0. The maximum Gasteiger partial charge on any atom is 0.250 e. The van der Waals surface area contributed by atoms with E-state index in [1.807, 2.05) is 0 Å². The molecular weight excluding hydrogens is 333 g/mol. The van der Waals surface area contributed by atoms with E-state index < -0.39 is 0 Å². The third-order valence-corrected chi connectivity index (χ3v) is 3.84. The second-order valence-corrected chi connectivity index (χ2v) is 5.77. The van der Waals surface area contributed by atoms with E-state index in [0.29, 0.717) is 32.4 Å². The number of hydrogen-bond acceptors (Lipinski definition) is 5. The molecule has 8 heteroatoms. The van der Waals surface area contributed by atoms with E-state index in [1.54, 1.807) is 31.4 Å². The summed E-state index contributed by atoms with van der Waals surface area (Å²) in [5, 5.41) is 12.4. The monoisotopic (exact) mass is 343 g/mol. The van der Waals surface area contributed by atoms with Gasteiger partial charge in [-0.1, -0.05) is 40.6 Å². The highest BCUT2D eigenvalue weighted by atomic mass is 35.5. The Labute approximate surface area is 135 Å². The number of carbonyl (C=O) groups is 1. The number of nitrogens with one attached hydrogen (secondary N) is 1. The lowest BCUT2D eigenvalue weighted by molar-refractivity contribution is -0.111. The number of amides is 1. The molecule has 1 aromatic carbocycles. The lowest BCUT2D eigenvalue weighted by Gasteiger charge is -2.00. The highest BCUT2D eigenvalue weighted by Gasteiger charge is 2.07. The van der Waals surface area contributed by atoms with E-state index in [-0.39, 0.29) is 5.91 Å². The summed E-state index contributed by atoms with van der Waals surface area (Å²) in [6.45, 7) is 0.360. The van der Waals surface area contributed by atoms with E-state index >= 15 is 0 Å². The van der Waals surface area contributed by atoms with Crippen molar-refractivity contribution in [2.75, 3.05) is 12.4 Å². The second-order valence-electron chi connectivity index (χ2n) is 3.89. The summed E-state index contributed by atoms with van der Waals surface area (Å²) in [7, 11) is 1.57. The van der Waals surface area contributed by atoms with Crippen LogP contribution >= 0.6 is 34.5 Å². The smallest absolute Gasteiger partial charge is 0.250 e. The number of nitrogens with zero attached hydrogens (tertiary/aromatic N) is 2. The summed E-state index contributed by atoms with van der Waals surface area (Å²) in [5.41, 5.74) is 0.591. The van der Waals surface area contributed by atoms with Crippen LogP contribution in [0.5, 0.6) is 0 Å². The zero-order chi connectivity index (χ0) is 15.2. The van der Waals surface area contributed by atoms with Crippen molar-refractivity contribution in [1.82, 2.24) is 10.2 Å². The van der Waals surface area contributed by atoms with Gasteiger partial charge in [-0.15, -0.1) is 10.2 Å². The molecule has 1 heterocycles. The lowest BCUT2D eigenvalue weighted by atomic mass is 10.2. The van der Waals surface area contributed by atoms with Gasteiger partial charge in [-0.25, -0.2) is 0 Å². The van der Waals surface area contributed by atoms with E-state index in [1.165, 1.54) is 17.4 Å². The second kappa shape index (κ2) is 7.51. The third-order valence-electron chi connectivity index (χ3n) is 2.37. The molecule has 0 radical (unpaired) electrons. The highest BCUT2D eigenvalue weighted by molar-refractivity contribution is 7.15. The van der Waals surface area contributed by atoms with Crippen molar-refractivity contribution in [2.45, 2.75) is 6.61 Å². The van der Waals surface area contributed by atoms with E-state index in [9.17, 15) is 4.79 Å². The fourth-order valence-corrected chi connectivity index (χ4v) is 2.70. The van der Waals surface area contributed by atoms with Gasteiger partial charge in [-0.05, 0) is 18.2 Å². The SMILES string of the molecule is COCc1nnc(NC(=O)C=Cc2c(Cl)cccc2Cl)s1. The summed E-state index contributed by atoms with van der Waals surface area (Å²) < 4.78 is 4.93. The molecule has 0 aliphatic rings. The van der Waals surface area contributed by atoms with E-state index in [0.717, 1.165) is 0 Å². The van der Waals surface area contributed by atoms with Gasteiger partial charge in [0.15, 0.2) is 0 Å². The van der Waals surface area contributed by atoms with Crippen molar-refractivity contribution < 1.29 is 9.53 Å². The molecule has 0 atom stereocenters. The molecule has 1 N–H and O–H groups in total. The Morgan fingerprint density at radius 1 is 1.38 bits per heavy atom. The Morgan fingerprint density at radius 3 is 2.76 bits per heavy atom. The zero-order valence-corrected chi connectivity index (χ0v) is 13.3. The standard InChI is InChI=1S/C13H11Cl2N3O2S/c1-20-7-12-17-18-13(21-12)16-11(19)6-5-8-9(14)3-2-4-10(8)15/h2-6H,7H2,1H3,(H,16,18,19). The van der Waals surface area contributed by atoms with Crippen LogP contribution in [0.4, 0.5) is 5.13 Å². The number of hydrogen-bond donors (Lipinski definition) is 1. The van der Waals surface area contributed by atoms with Crippen LogP contribution in [0.3, 0.4) is 0 Å². The third kappa shape index (κ3) is 4.50. The normalized spacial score (nSPS) is 11.0. The summed E-state index contributed by atoms with van der Waals surface area (Å²) in [6, 6.07) is 5.14.